The summed E-state index contributed by atoms with van der Waals surface area (Å²) in [6.07, 6.45) is 9.75. The first-order valence-electron chi connectivity index (χ1n) is 15.5. The second-order valence-corrected chi connectivity index (χ2v) is 11.9. The molecule has 10 heteroatoms. The van der Waals surface area contributed by atoms with Crippen molar-refractivity contribution in [1.82, 2.24) is 34.9 Å². The first kappa shape index (κ1) is 28.9. The van der Waals surface area contributed by atoms with Crippen molar-refractivity contribution >= 4 is 27.5 Å². The number of hydrogen-bond acceptors (Lipinski definition) is 7. The summed E-state index contributed by atoms with van der Waals surface area (Å²) in [6.45, 7) is 5.46. The van der Waals surface area contributed by atoms with E-state index in [1.54, 1.807) is 24.7 Å². The van der Waals surface area contributed by atoms with Crippen LogP contribution < -0.4 is 10.1 Å². The van der Waals surface area contributed by atoms with Crippen LogP contribution in [0.15, 0.2) is 73.3 Å². The molecule has 1 aliphatic rings. The molecule has 4 aromatic heterocycles. The van der Waals surface area contributed by atoms with Crippen LogP contribution in [0.3, 0.4) is 0 Å². The second kappa shape index (κ2) is 12.7. The summed E-state index contributed by atoms with van der Waals surface area (Å²) in [6, 6.07) is 15.4. The Hall–Kier alpha value is -4.80. The van der Waals surface area contributed by atoms with Crippen LogP contribution in [-0.2, 0) is 0 Å². The molecule has 0 amide bonds. The van der Waals surface area contributed by atoms with E-state index in [0.29, 0.717) is 13.2 Å². The van der Waals surface area contributed by atoms with E-state index >= 15 is 0 Å². The van der Waals surface area contributed by atoms with Crippen molar-refractivity contribution in [3.63, 3.8) is 0 Å². The van der Waals surface area contributed by atoms with Crippen molar-refractivity contribution in [2.45, 2.75) is 12.8 Å². The third kappa shape index (κ3) is 6.38. The maximum atomic E-state index is 14.7. The molecular formula is C35H37FN8O. The van der Waals surface area contributed by atoms with Gasteiger partial charge < -0.3 is 19.9 Å². The monoisotopic (exact) mass is 604 g/mol. The summed E-state index contributed by atoms with van der Waals surface area (Å²) >= 11 is 0. The highest BCUT2D eigenvalue weighted by molar-refractivity contribution is 6.01. The van der Waals surface area contributed by atoms with E-state index in [-0.39, 0.29) is 5.82 Å². The van der Waals surface area contributed by atoms with E-state index < -0.39 is 0 Å². The summed E-state index contributed by atoms with van der Waals surface area (Å²) < 4.78 is 20.8. The number of fused-ring (bicyclic) bond motifs is 2. The van der Waals surface area contributed by atoms with Crippen molar-refractivity contribution in [3.8, 4) is 39.4 Å². The van der Waals surface area contributed by atoms with Crippen LogP contribution in [0.2, 0.25) is 0 Å². The molecule has 0 spiro atoms. The molecule has 0 bridgehead atoms. The minimum absolute atomic E-state index is 0.297. The maximum absolute atomic E-state index is 14.7. The first-order valence-corrected chi connectivity index (χ1v) is 15.5. The molecule has 45 heavy (non-hydrogen) atoms. The standard InChI is InChI=1S/C35H37FN8O/c1-43(2)10-7-39-27-14-24(13-26(36)17-27)31-21-38-22-34-29(31)18-33(40-34)35-30-16-23(5-6-32(30)41-42-35)25-15-28(20-37-19-25)45-12-11-44-8-3-4-9-44/h5-6,13-22,39-40H,3-4,7-12H2,1-2H3,(H,41,42). The number of benzene rings is 2. The number of nitrogens with zero attached hydrogens (tertiary/aromatic N) is 5. The summed E-state index contributed by atoms with van der Waals surface area (Å²) in [5, 5.41) is 13.1. The molecule has 0 aliphatic carbocycles. The van der Waals surface area contributed by atoms with Crippen molar-refractivity contribution < 1.29 is 9.13 Å². The summed E-state index contributed by atoms with van der Waals surface area (Å²) in [7, 11) is 4.03. The zero-order valence-electron chi connectivity index (χ0n) is 25.6. The van der Waals surface area contributed by atoms with E-state index in [4.69, 9.17) is 4.74 Å². The largest absolute Gasteiger partial charge is 0.491 e. The van der Waals surface area contributed by atoms with Crippen LogP contribution in [0.5, 0.6) is 5.75 Å². The fourth-order valence-corrected chi connectivity index (χ4v) is 6.03. The third-order valence-electron chi connectivity index (χ3n) is 8.38. The summed E-state index contributed by atoms with van der Waals surface area (Å²) in [5.41, 5.74) is 7.77. The lowest BCUT2D eigenvalue weighted by Gasteiger charge is -2.15. The van der Waals surface area contributed by atoms with Crippen LogP contribution in [0.4, 0.5) is 10.1 Å². The van der Waals surface area contributed by atoms with Gasteiger partial charge >= 0.3 is 0 Å². The number of rotatable bonds is 11. The highest BCUT2D eigenvalue weighted by atomic mass is 19.1. The summed E-state index contributed by atoms with van der Waals surface area (Å²) in [5.74, 6) is 0.470. The van der Waals surface area contributed by atoms with Gasteiger partial charge in [-0.25, -0.2) is 4.39 Å². The Morgan fingerprint density at radius 3 is 2.62 bits per heavy atom. The molecular weight excluding hydrogens is 567 g/mol. The SMILES string of the molecule is CN(C)CCNc1cc(F)cc(-c2cncc3[nH]c(-c4n[nH]c5ccc(-c6cncc(OCCN7CCCC7)c6)cc45)cc23)c1. The van der Waals surface area contributed by atoms with Crippen molar-refractivity contribution in [1.29, 1.82) is 0 Å². The Morgan fingerprint density at radius 2 is 1.76 bits per heavy atom. The number of aromatic nitrogens is 5. The van der Waals surface area contributed by atoms with E-state index in [1.807, 2.05) is 38.5 Å². The van der Waals surface area contributed by atoms with Gasteiger partial charge in [0, 0.05) is 59.6 Å². The number of H-pyrrole nitrogens is 2. The van der Waals surface area contributed by atoms with Gasteiger partial charge in [-0.3, -0.25) is 20.0 Å². The molecule has 1 fully saturated rings. The Balaban J connectivity index is 1.17. The van der Waals surface area contributed by atoms with Crippen LogP contribution >= 0.6 is 0 Å². The van der Waals surface area contributed by atoms with Gasteiger partial charge in [-0.15, -0.1) is 0 Å². The average Bonchev–Trinajstić information content (AvgIpc) is 3.80. The lowest BCUT2D eigenvalue weighted by Crippen LogP contribution is -2.25. The number of aromatic amines is 2. The number of ether oxygens (including phenoxy) is 1. The molecule has 230 valence electrons. The van der Waals surface area contributed by atoms with Gasteiger partial charge in [0.2, 0.25) is 0 Å². The third-order valence-corrected chi connectivity index (χ3v) is 8.38. The second-order valence-electron chi connectivity index (χ2n) is 11.9. The van der Waals surface area contributed by atoms with Gasteiger partial charge in [0.15, 0.2) is 0 Å². The summed E-state index contributed by atoms with van der Waals surface area (Å²) in [4.78, 5) is 16.9. The Kier molecular flexibility index (Phi) is 8.15. The fourth-order valence-electron chi connectivity index (χ4n) is 6.03. The Labute approximate surface area is 261 Å². The first-order chi connectivity index (χ1) is 22.0. The Morgan fingerprint density at radius 1 is 0.889 bits per heavy atom. The molecule has 0 unspecified atom stereocenters. The van der Waals surface area contributed by atoms with Gasteiger partial charge in [0.1, 0.15) is 23.9 Å². The number of hydrogen-bond donors (Lipinski definition) is 3. The van der Waals surface area contributed by atoms with Gasteiger partial charge in [0.25, 0.3) is 0 Å². The molecule has 3 N–H and O–H groups in total. The molecule has 2 aromatic carbocycles. The molecule has 6 aromatic rings. The van der Waals surface area contributed by atoms with Gasteiger partial charge in [-0.1, -0.05) is 6.07 Å². The van der Waals surface area contributed by atoms with E-state index in [2.05, 4.69) is 58.5 Å². The fraction of sp³-hybridized carbons (Fsp3) is 0.286. The molecule has 1 saturated heterocycles. The lowest BCUT2D eigenvalue weighted by molar-refractivity contribution is 0.237. The predicted octanol–water partition coefficient (Wildman–Crippen LogP) is 6.42. The lowest BCUT2D eigenvalue weighted by atomic mass is 10.0. The minimum Gasteiger partial charge on any atom is -0.491 e. The quantitative estimate of drug-likeness (QED) is 0.157. The van der Waals surface area contributed by atoms with Gasteiger partial charge in [-0.2, -0.15) is 5.10 Å². The number of halogens is 1. The van der Waals surface area contributed by atoms with Crippen LogP contribution in [0, 0.1) is 5.82 Å². The predicted molar refractivity (Wildman–Crippen MR) is 178 cm³/mol. The van der Waals surface area contributed by atoms with E-state index in [9.17, 15) is 4.39 Å². The van der Waals surface area contributed by atoms with Crippen LogP contribution in [0.25, 0.3) is 55.4 Å². The number of anilines is 1. The molecule has 5 heterocycles. The molecule has 0 radical (unpaired) electrons. The average molecular weight is 605 g/mol. The highest BCUT2D eigenvalue weighted by Gasteiger charge is 2.16. The minimum atomic E-state index is -0.297. The molecule has 7 rings (SSSR count). The molecule has 1 aliphatic heterocycles. The van der Waals surface area contributed by atoms with Crippen LogP contribution in [0.1, 0.15) is 12.8 Å². The number of pyridine rings is 2. The van der Waals surface area contributed by atoms with E-state index in [0.717, 1.165) is 93.1 Å². The smallest absolute Gasteiger partial charge is 0.138 e. The normalized spacial score (nSPS) is 13.8. The van der Waals surface area contributed by atoms with E-state index in [1.165, 1.54) is 18.9 Å². The van der Waals surface area contributed by atoms with Gasteiger partial charge in [-0.05, 0) is 93.6 Å². The van der Waals surface area contributed by atoms with Gasteiger partial charge in [0.05, 0.1) is 29.1 Å². The highest BCUT2D eigenvalue weighted by Crippen LogP contribution is 2.36. The molecule has 0 atom stereocenters. The number of likely N-dealkylation sites (N-methyl/N-ethyl adjacent to an activating group) is 1. The Bertz CT molecular complexity index is 1940. The molecule has 0 saturated carbocycles. The van der Waals surface area contributed by atoms with Crippen molar-refractivity contribution in [2.75, 3.05) is 58.7 Å². The zero-order chi connectivity index (χ0) is 30.8. The topological polar surface area (TPSA) is 98.0 Å². The zero-order valence-corrected chi connectivity index (χ0v) is 25.6. The van der Waals surface area contributed by atoms with Crippen molar-refractivity contribution in [2.24, 2.45) is 0 Å². The van der Waals surface area contributed by atoms with Crippen molar-refractivity contribution in [3.05, 3.63) is 79.1 Å². The maximum Gasteiger partial charge on any atom is 0.138 e. The number of nitrogens with one attached hydrogen (secondary N) is 3. The number of likely N-dealkylation sites (tertiary alicyclic amines) is 1. The molecule has 9 nitrogen and oxygen atoms in total. The van der Waals surface area contributed by atoms with Crippen LogP contribution in [-0.4, -0.2) is 88.4 Å².